The van der Waals surface area contributed by atoms with E-state index in [1.807, 2.05) is 48.5 Å². The summed E-state index contributed by atoms with van der Waals surface area (Å²) in [6.45, 7) is 0. The first-order valence-corrected chi connectivity index (χ1v) is 11.5. The van der Waals surface area contributed by atoms with Crippen LogP contribution < -0.4 is 10.0 Å². The van der Waals surface area contributed by atoms with Crippen LogP contribution in [-0.4, -0.2) is 19.3 Å². The summed E-state index contributed by atoms with van der Waals surface area (Å²) in [5.74, 6) is -0.342. The molecule has 0 saturated carbocycles. The van der Waals surface area contributed by atoms with Crippen molar-refractivity contribution in [2.24, 2.45) is 0 Å². The molecule has 0 aliphatic heterocycles. The van der Waals surface area contributed by atoms with Crippen LogP contribution in [0.5, 0.6) is 0 Å². The van der Waals surface area contributed by atoms with Crippen molar-refractivity contribution in [3.05, 3.63) is 126 Å². The van der Waals surface area contributed by atoms with Gasteiger partial charge in [-0.1, -0.05) is 60.7 Å². The molecule has 7 heteroatoms. The highest BCUT2D eigenvalue weighted by molar-refractivity contribution is 7.92. The lowest BCUT2D eigenvalue weighted by Gasteiger charge is -2.19. The molecule has 1 heterocycles. The standard InChI is InChI=1S/C25H21N3O3S/c29-25(27-24(19-10-3-1-4-11-19)23-16-7-8-17-26-23)20-12-9-13-21(18-20)28-32(30,31)22-14-5-2-6-15-22/h1-18,24,28H,(H,27,29). The number of aromatic nitrogens is 1. The molecule has 1 amide bonds. The van der Waals surface area contributed by atoms with Crippen molar-refractivity contribution in [3.63, 3.8) is 0 Å². The summed E-state index contributed by atoms with van der Waals surface area (Å²) in [7, 11) is -3.76. The van der Waals surface area contributed by atoms with Gasteiger partial charge in [-0.3, -0.25) is 14.5 Å². The maximum Gasteiger partial charge on any atom is 0.261 e. The summed E-state index contributed by atoms with van der Waals surface area (Å²) in [6, 6.07) is 29.1. The molecule has 6 nitrogen and oxygen atoms in total. The van der Waals surface area contributed by atoms with Gasteiger partial charge >= 0.3 is 0 Å². The highest BCUT2D eigenvalue weighted by atomic mass is 32.2. The maximum atomic E-state index is 13.1. The molecule has 0 saturated heterocycles. The Bertz CT molecular complexity index is 1260. The summed E-state index contributed by atoms with van der Waals surface area (Å²) in [5, 5.41) is 3.01. The van der Waals surface area contributed by atoms with E-state index < -0.39 is 16.1 Å². The molecule has 1 unspecified atom stereocenters. The topological polar surface area (TPSA) is 88.2 Å². The fourth-order valence-electron chi connectivity index (χ4n) is 3.27. The predicted octanol–water partition coefficient (Wildman–Crippen LogP) is 4.40. The highest BCUT2D eigenvalue weighted by Gasteiger charge is 2.20. The van der Waals surface area contributed by atoms with Crippen molar-refractivity contribution >= 4 is 21.6 Å². The number of sulfonamides is 1. The molecule has 32 heavy (non-hydrogen) atoms. The number of anilines is 1. The van der Waals surface area contributed by atoms with Gasteiger partial charge in [-0.25, -0.2) is 8.42 Å². The largest absolute Gasteiger partial charge is 0.340 e. The molecule has 0 radical (unpaired) electrons. The van der Waals surface area contributed by atoms with Gasteiger partial charge in [0.2, 0.25) is 0 Å². The van der Waals surface area contributed by atoms with Crippen LogP contribution in [0, 0.1) is 0 Å². The molecule has 0 aliphatic carbocycles. The van der Waals surface area contributed by atoms with Gasteiger partial charge in [-0.05, 0) is 48.0 Å². The molecule has 1 atom stereocenters. The van der Waals surface area contributed by atoms with E-state index in [-0.39, 0.29) is 10.8 Å². The number of amides is 1. The first-order valence-electron chi connectivity index (χ1n) is 9.97. The predicted molar refractivity (Wildman–Crippen MR) is 124 cm³/mol. The lowest BCUT2D eigenvalue weighted by molar-refractivity contribution is 0.0942. The van der Waals surface area contributed by atoms with Crippen LogP contribution in [0.3, 0.4) is 0 Å². The number of hydrogen-bond donors (Lipinski definition) is 2. The Hall–Kier alpha value is -3.97. The van der Waals surface area contributed by atoms with Crippen LogP contribution >= 0.6 is 0 Å². The molecule has 0 bridgehead atoms. The molecule has 4 rings (SSSR count). The number of hydrogen-bond acceptors (Lipinski definition) is 4. The monoisotopic (exact) mass is 443 g/mol. The first-order chi connectivity index (χ1) is 15.5. The number of nitrogens with one attached hydrogen (secondary N) is 2. The highest BCUT2D eigenvalue weighted by Crippen LogP contribution is 2.22. The van der Waals surface area contributed by atoms with Crippen molar-refractivity contribution in [1.29, 1.82) is 0 Å². The Morgan fingerprint density at radius 3 is 2.16 bits per heavy atom. The Morgan fingerprint density at radius 1 is 0.781 bits per heavy atom. The van der Waals surface area contributed by atoms with Gasteiger partial charge in [-0.2, -0.15) is 0 Å². The van der Waals surface area contributed by atoms with E-state index in [9.17, 15) is 13.2 Å². The van der Waals surface area contributed by atoms with Crippen LogP contribution in [0.1, 0.15) is 27.7 Å². The third-order valence-electron chi connectivity index (χ3n) is 4.82. The van der Waals surface area contributed by atoms with Gasteiger partial charge in [0.1, 0.15) is 0 Å². The van der Waals surface area contributed by atoms with Gasteiger partial charge in [0.05, 0.1) is 16.6 Å². The minimum atomic E-state index is -3.76. The van der Waals surface area contributed by atoms with E-state index in [1.165, 1.54) is 18.2 Å². The fourth-order valence-corrected chi connectivity index (χ4v) is 4.34. The Labute approximate surface area is 187 Å². The molecule has 0 aliphatic rings. The number of nitrogens with zero attached hydrogens (tertiary/aromatic N) is 1. The quantitative estimate of drug-likeness (QED) is 0.443. The molecule has 160 valence electrons. The Kier molecular flexibility index (Phi) is 6.28. The molecule has 0 fully saturated rings. The zero-order valence-electron chi connectivity index (χ0n) is 17.0. The Balaban J connectivity index is 1.58. The second kappa shape index (κ2) is 9.45. The minimum Gasteiger partial charge on any atom is -0.340 e. The minimum absolute atomic E-state index is 0.147. The van der Waals surface area contributed by atoms with E-state index in [0.29, 0.717) is 16.9 Å². The number of pyridine rings is 1. The second-order valence-corrected chi connectivity index (χ2v) is 8.75. The van der Waals surface area contributed by atoms with Crippen LogP contribution in [0.2, 0.25) is 0 Å². The van der Waals surface area contributed by atoms with E-state index in [0.717, 1.165) is 5.56 Å². The van der Waals surface area contributed by atoms with Crippen LogP contribution in [0.25, 0.3) is 0 Å². The van der Waals surface area contributed by atoms with Gasteiger partial charge < -0.3 is 5.32 Å². The second-order valence-electron chi connectivity index (χ2n) is 7.07. The van der Waals surface area contributed by atoms with Gasteiger partial charge in [0.15, 0.2) is 0 Å². The third-order valence-corrected chi connectivity index (χ3v) is 6.22. The van der Waals surface area contributed by atoms with Gasteiger partial charge in [0.25, 0.3) is 15.9 Å². The van der Waals surface area contributed by atoms with Crippen LogP contribution in [-0.2, 0) is 10.0 Å². The summed E-state index contributed by atoms with van der Waals surface area (Å²) < 4.78 is 27.7. The molecule has 3 aromatic carbocycles. The van der Waals surface area contributed by atoms with Crippen molar-refractivity contribution in [2.75, 3.05) is 4.72 Å². The van der Waals surface area contributed by atoms with Crippen molar-refractivity contribution in [1.82, 2.24) is 10.3 Å². The zero-order chi connectivity index (χ0) is 22.4. The summed E-state index contributed by atoms with van der Waals surface area (Å²) in [5.41, 5.74) is 2.22. The zero-order valence-corrected chi connectivity index (χ0v) is 17.9. The van der Waals surface area contributed by atoms with Crippen molar-refractivity contribution in [2.45, 2.75) is 10.9 Å². The smallest absolute Gasteiger partial charge is 0.261 e. The third kappa shape index (κ3) is 5.01. The average molecular weight is 444 g/mol. The van der Waals surface area contributed by atoms with E-state index in [4.69, 9.17) is 0 Å². The van der Waals surface area contributed by atoms with Crippen LogP contribution in [0.4, 0.5) is 5.69 Å². The molecular weight excluding hydrogens is 422 g/mol. The number of benzene rings is 3. The Morgan fingerprint density at radius 2 is 1.47 bits per heavy atom. The first kappa shape index (κ1) is 21.3. The number of carbonyl (C=O) groups is 1. The van der Waals surface area contributed by atoms with E-state index in [1.54, 1.807) is 42.6 Å². The molecular formula is C25H21N3O3S. The molecule has 4 aromatic rings. The van der Waals surface area contributed by atoms with Crippen molar-refractivity contribution < 1.29 is 13.2 Å². The SMILES string of the molecule is O=C(NC(c1ccccc1)c1ccccn1)c1cccc(NS(=O)(=O)c2ccccc2)c1. The van der Waals surface area contributed by atoms with Crippen molar-refractivity contribution in [3.8, 4) is 0 Å². The van der Waals surface area contributed by atoms with E-state index in [2.05, 4.69) is 15.0 Å². The number of rotatable bonds is 7. The average Bonchev–Trinajstić information content (AvgIpc) is 2.84. The van der Waals surface area contributed by atoms with Crippen LogP contribution in [0.15, 0.2) is 114 Å². The molecule has 0 spiro atoms. The molecule has 2 N–H and O–H groups in total. The lowest BCUT2D eigenvalue weighted by Crippen LogP contribution is -2.30. The van der Waals surface area contributed by atoms with Gasteiger partial charge in [-0.15, -0.1) is 0 Å². The normalized spacial score (nSPS) is 12.0. The summed E-state index contributed by atoms with van der Waals surface area (Å²) in [6.07, 6.45) is 1.68. The number of carbonyl (C=O) groups excluding carboxylic acids is 1. The van der Waals surface area contributed by atoms with E-state index >= 15 is 0 Å². The lowest BCUT2D eigenvalue weighted by atomic mass is 10.0. The van der Waals surface area contributed by atoms with Gasteiger partial charge in [0, 0.05) is 17.4 Å². The summed E-state index contributed by atoms with van der Waals surface area (Å²) in [4.78, 5) is 17.6. The fraction of sp³-hybridized carbons (Fsp3) is 0.0400. The maximum absolute atomic E-state index is 13.1. The summed E-state index contributed by atoms with van der Waals surface area (Å²) >= 11 is 0. The molecule has 1 aromatic heterocycles.